The van der Waals surface area contributed by atoms with Crippen molar-refractivity contribution >= 4 is 33.8 Å². The average Bonchev–Trinajstić information content (AvgIpc) is 2.73. The van der Waals surface area contributed by atoms with E-state index in [0.29, 0.717) is 6.04 Å². The van der Waals surface area contributed by atoms with Gasteiger partial charge in [-0.05, 0) is 37.2 Å². The maximum absolute atomic E-state index is 5.46. The van der Waals surface area contributed by atoms with Crippen LogP contribution in [0.15, 0.2) is 24.3 Å². The van der Waals surface area contributed by atoms with Gasteiger partial charge in [0.25, 0.3) is 0 Å². The van der Waals surface area contributed by atoms with Gasteiger partial charge in [-0.1, -0.05) is 31.4 Å². The van der Waals surface area contributed by atoms with Gasteiger partial charge in [0.05, 0.1) is 16.9 Å². The van der Waals surface area contributed by atoms with Crippen molar-refractivity contribution in [2.75, 3.05) is 0 Å². The molecule has 0 amide bonds. The van der Waals surface area contributed by atoms with Gasteiger partial charge in [-0.25, -0.2) is 0 Å². The Kier molecular flexibility index (Phi) is 3.77. The van der Waals surface area contributed by atoms with E-state index in [1.54, 1.807) is 11.3 Å². The largest absolute Gasteiger partial charge is 0.310 e. The Bertz CT molecular complexity index is 579. The van der Waals surface area contributed by atoms with Gasteiger partial charge in [0, 0.05) is 6.04 Å². The zero-order valence-electron chi connectivity index (χ0n) is 10.4. The quantitative estimate of drug-likeness (QED) is 0.842. The third kappa shape index (κ3) is 2.51. The number of fused-ring (bicyclic) bond motifs is 1. The maximum atomic E-state index is 5.46. The van der Waals surface area contributed by atoms with Crippen molar-refractivity contribution in [2.24, 2.45) is 0 Å². The molecule has 1 aliphatic rings. The van der Waals surface area contributed by atoms with Crippen molar-refractivity contribution in [3.63, 3.8) is 0 Å². The summed E-state index contributed by atoms with van der Waals surface area (Å²) in [5.41, 5.74) is 1.26. The molecule has 1 N–H and O–H groups in total. The van der Waals surface area contributed by atoms with Crippen LogP contribution in [0.1, 0.15) is 32.1 Å². The van der Waals surface area contributed by atoms with Crippen LogP contribution >= 0.6 is 23.6 Å². The van der Waals surface area contributed by atoms with Crippen LogP contribution < -0.4 is 5.32 Å². The summed E-state index contributed by atoms with van der Waals surface area (Å²) in [7, 11) is 0. The number of rotatable bonds is 3. The van der Waals surface area contributed by atoms with Crippen LogP contribution in [0, 0.1) is 3.95 Å². The molecule has 1 aromatic carbocycles. The number of para-hydroxylation sites is 1. The fourth-order valence-electron chi connectivity index (χ4n) is 2.69. The lowest BCUT2D eigenvalue weighted by molar-refractivity contribution is 0.350. The standard InChI is InChI=1S/C14H18N2S2/c17-14-16(10-15-11-6-2-1-3-7-11)12-8-4-5-9-13(12)18-14/h4-5,8-9,11,15H,1-3,6-7,10H2. The minimum Gasteiger partial charge on any atom is -0.310 e. The Balaban J connectivity index is 1.77. The Morgan fingerprint density at radius 2 is 2.00 bits per heavy atom. The molecular formula is C14H18N2S2. The van der Waals surface area contributed by atoms with Crippen LogP contribution in [0.3, 0.4) is 0 Å². The maximum Gasteiger partial charge on any atom is 0.163 e. The van der Waals surface area contributed by atoms with Crippen LogP contribution in [-0.4, -0.2) is 10.6 Å². The van der Waals surface area contributed by atoms with E-state index in [9.17, 15) is 0 Å². The second kappa shape index (κ2) is 5.51. The summed E-state index contributed by atoms with van der Waals surface area (Å²) in [6.45, 7) is 0.855. The van der Waals surface area contributed by atoms with Crippen LogP contribution in [0.4, 0.5) is 0 Å². The number of hydrogen-bond acceptors (Lipinski definition) is 3. The predicted octanol–water partition coefficient (Wildman–Crippen LogP) is 4.31. The molecule has 4 heteroatoms. The molecular weight excluding hydrogens is 260 g/mol. The fraction of sp³-hybridized carbons (Fsp3) is 0.500. The summed E-state index contributed by atoms with van der Waals surface area (Å²) in [6, 6.07) is 9.14. The van der Waals surface area contributed by atoms with Gasteiger partial charge in [-0.15, -0.1) is 11.3 Å². The second-order valence-electron chi connectivity index (χ2n) is 4.96. The lowest BCUT2D eigenvalue weighted by atomic mass is 9.96. The Labute approximate surface area is 117 Å². The summed E-state index contributed by atoms with van der Waals surface area (Å²) in [6.07, 6.45) is 6.77. The van der Waals surface area contributed by atoms with Crippen molar-refractivity contribution in [1.29, 1.82) is 0 Å². The zero-order chi connectivity index (χ0) is 12.4. The summed E-state index contributed by atoms with van der Waals surface area (Å²) in [4.78, 5) is 0. The van der Waals surface area contributed by atoms with Crippen molar-refractivity contribution in [3.05, 3.63) is 28.2 Å². The molecule has 2 nitrogen and oxygen atoms in total. The molecule has 0 aliphatic heterocycles. The second-order valence-corrected chi connectivity index (χ2v) is 6.64. The van der Waals surface area contributed by atoms with Crippen LogP contribution in [0.2, 0.25) is 0 Å². The van der Waals surface area contributed by atoms with E-state index in [1.807, 2.05) is 0 Å². The van der Waals surface area contributed by atoms with Gasteiger partial charge in [-0.2, -0.15) is 0 Å². The molecule has 0 spiro atoms. The summed E-state index contributed by atoms with van der Waals surface area (Å²) >= 11 is 7.16. The average molecular weight is 278 g/mol. The van der Waals surface area contributed by atoms with Gasteiger partial charge in [0.15, 0.2) is 3.95 Å². The molecule has 1 saturated carbocycles. The highest BCUT2D eigenvalue weighted by atomic mass is 32.1. The van der Waals surface area contributed by atoms with Crippen LogP contribution in [-0.2, 0) is 6.67 Å². The zero-order valence-corrected chi connectivity index (χ0v) is 12.0. The number of aromatic nitrogens is 1. The van der Waals surface area contributed by atoms with E-state index in [2.05, 4.69) is 34.1 Å². The minimum atomic E-state index is 0.680. The molecule has 0 bridgehead atoms. The molecule has 0 radical (unpaired) electrons. The predicted molar refractivity (Wildman–Crippen MR) is 80.7 cm³/mol. The molecule has 1 heterocycles. The molecule has 2 aromatic rings. The first kappa shape index (κ1) is 12.3. The molecule has 3 rings (SSSR count). The molecule has 0 atom stereocenters. The number of hydrogen-bond donors (Lipinski definition) is 1. The summed E-state index contributed by atoms with van der Waals surface area (Å²) in [5.74, 6) is 0. The molecule has 0 saturated heterocycles. The van der Waals surface area contributed by atoms with Crippen molar-refractivity contribution in [2.45, 2.75) is 44.8 Å². The van der Waals surface area contributed by atoms with Crippen LogP contribution in [0.25, 0.3) is 10.2 Å². The third-order valence-electron chi connectivity index (χ3n) is 3.72. The lowest BCUT2D eigenvalue weighted by Gasteiger charge is -2.23. The Hall–Kier alpha value is -0.710. The van der Waals surface area contributed by atoms with E-state index in [1.165, 1.54) is 42.3 Å². The number of benzene rings is 1. The normalized spacial score (nSPS) is 17.3. The fourth-order valence-corrected chi connectivity index (χ4v) is 4.01. The van der Waals surface area contributed by atoms with Crippen molar-refractivity contribution < 1.29 is 0 Å². The molecule has 96 valence electrons. The molecule has 18 heavy (non-hydrogen) atoms. The van der Waals surface area contributed by atoms with E-state index >= 15 is 0 Å². The minimum absolute atomic E-state index is 0.680. The SMILES string of the molecule is S=c1sc2ccccc2n1CNC1CCCCC1. The molecule has 1 aliphatic carbocycles. The van der Waals surface area contributed by atoms with Gasteiger partial charge < -0.3 is 4.57 Å². The topological polar surface area (TPSA) is 17.0 Å². The highest BCUT2D eigenvalue weighted by molar-refractivity contribution is 7.73. The first-order chi connectivity index (χ1) is 8.84. The van der Waals surface area contributed by atoms with E-state index < -0.39 is 0 Å². The summed E-state index contributed by atoms with van der Waals surface area (Å²) < 4.78 is 4.48. The van der Waals surface area contributed by atoms with Crippen molar-refractivity contribution in [3.8, 4) is 0 Å². The lowest BCUT2D eigenvalue weighted by Crippen LogP contribution is -2.32. The number of thiazole rings is 1. The Morgan fingerprint density at radius 3 is 2.83 bits per heavy atom. The smallest absolute Gasteiger partial charge is 0.163 e. The number of nitrogens with one attached hydrogen (secondary N) is 1. The van der Waals surface area contributed by atoms with E-state index in [0.717, 1.165) is 10.6 Å². The van der Waals surface area contributed by atoms with Gasteiger partial charge in [0.2, 0.25) is 0 Å². The van der Waals surface area contributed by atoms with E-state index in [4.69, 9.17) is 12.2 Å². The van der Waals surface area contributed by atoms with Gasteiger partial charge >= 0.3 is 0 Å². The summed E-state index contributed by atoms with van der Waals surface area (Å²) in [5, 5.41) is 3.66. The molecule has 0 unspecified atom stereocenters. The van der Waals surface area contributed by atoms with Crippen molar-refractivity contribution in [1.82, 2.24) is 9.88 Å². The Morgan fingerprint density at radius 1 is 1.22 bits per heavy atom. The first-order valence-corrected chi connectivity index (χ1v) is 7.89. The third-order valence-corrected chi connectivity index (χ3v) is 5.15. The number of nitrogens with zero attached hydrogens (tertiary/aromatic N) is 1. The van der Waals surface area contributed by atoms with E-state index in [-0.39, 0.29) is 0 Å². The highest BCUT2D eigenvalue weighted by Crippen LogP contribution is 2.23. The monoisotopic (exact) mass is 278 g/mol. The molecule has 1 fully saturated rings. The van der Waals surface area contributed by atoms with Gasteiger partial charge in [-0.3, -0.25) is 5.32 Å². The van der Waals surface area contributed by atoms with Crippen LogP contribution in [0.5, 0.6) is 0 Å². The van der Waals surface area contributed by atoms with Gasteiger partial charge in [0.1, 0.15) is 0 Å². The first-order valence-electron chi connectivity index (χ1n) is 6.66. The molecule has 1 aromatic heterocycles. The highest BCUT2D eigenvalue weighted by Gasteiger charge is 2.13.